The van der Waals surface area contributed by atoms with Crippen LogP contribution in [0.4, 0.5) is 5.69 Å². The van der Waals surface area contributed by atoms with E-state index in [0.29, 0.717) is 10.6 Å². The van der Waals surface area contributed by atoms with Crippen molar-refractivity contribution in [2.45, 2.75) is 39.5 Å². The minimum Gasteiger partial charge on any atom is -0.451 e. The Kier molecular flexibility index (Phi) is 6.46. The Morgan fingerprint density at radius 3 is 2.68 bits per heavy atom. The van der Waals surface area contributed by atoms with Crippen LogP contribution in [0.2, 0.25) is 0 Å². The van der Waals surface area contributed by atoms with Crippen LogP contribution in [-0.4, -0.2) is 30.9 Å². The molecular formula is C21H24N2O4S. The fourth-order valence-electron chi connectivity index (χ4n) is 3.10. The molecule has 1 heterocycles. The molecular weight excluding hydrogens is 376 g/mol. The second-order valence-electron chi connectivity index (χ2n) is 6.91. The normalized spacial score (nSPS) is 12.8. The molecule has 7 heteroatoms. The molecule has 0 aliphatic heterocycles. The number of hydrogen-bond donors (Lipinski definition) is 2. The molecule has 1 aromatic heterocycles. The van der Waals surface area contributed by atoms with E-state index in [-0.39, 0.29) is 12.5 Å². The number of ether oxygens (including phenoxy) is 1. The van der Waals surface area contributed by atoms with E-state index in [0.717, 1.165) is 36.8 Å². The smallest absolute Gasteiger partial charge is 0.348 e. The number of rotatable bonds is 6. The molecule has 0 radical (unpaired) electrons. The van der Waals surface area contributed by atoms with Crippen LogP contribution >= 0.6 is 11.3 Å². The third-order valence-electron chi connectivity index (χ3n) is 4.86. The first kappa shape index (κ1) is 20.1. The van der Waals surface area contributed by atoms with Crippen molar-refractivity contribution in [1.29, 1.82) is 0 Å². The van der Waals surface area contributed by atoms with Crippen LogP contribution in [0.15, 0.2) is 24.3 Å². The molecule has 2 N–H and O–H groups in total. The largest absolute Gasteiger partial charge is 0.451 e. The summed E-state index contributed by atoms with van der Waals surface area (Å²) in [5.74, 6) is -1.33. The number of aryl methyl sites for hydroxylation is 3. The van der Waals surface area contributed by atoms with Gasteiger partial charge in [-0.3, -0.25) is 9.59 Å². The summed E-state index contributed by atoms with van der Waals surface area (Å²) in [5, 5.41) is 5.23. The summed E-state index contributed by atoms with van der Waals surface area (Å²) in [5.41, 5.74) is 3.99. The molecule has 0 saturated heterocycles. The summed E-state index contributed by atoms with van der Waals surface area (Å²) in [6, 6.07) is 7.50. The number of esters is 1. The maximum absolute atomic E-state index is 12.1. The lowest BCUT2D eigenvalue weighted by Gasteiger charge is -2.11. The molecule has 0 bridgehead atoms. The second-order valence-corrected chi connectivity index (χ2v) is 8.05. The van der Waals surface area contributed by atoms with Crippen molar-refractivity contribution in [3.05, 3.63) is 50.7 Å². The number of nitrogens with one attached hydrogen (secondary N) is 2. The van der Waals surface area contributed by atoms with Crippen LogP contribution in [0.3, 0.4) is 0 Å². The maximum atomic E-state index is 12.1. The lowest BCUT2D eigenvalue weighted by atomic mass is 9.99. The zero-order valence-corrected chi connectivity index (χ0v) is 16.9. The monoisotopic (exact) mass is 400 g/mol. The van der Waals surface area contributed by atoms with E-state index < -0.39 is 18.5 Å². The predicted octanol–water partition coefficient (Wildman–Crippen LogP) is 3.16. The molecule has 1 aliphatic rings. The molecule has 6 nitrogen and oxygen atoms in total. The third kappa shape index (κ3) is 4.98. The SMILES string of the molecule is Cc1cccc(NC(=O)CNC(=O)COC(=O)c2cc3c(s2)CCCC3)c1C. The maximum Gasteiger partial charge on any atom is 0.348 e. The van der Waals surface area contributed by atoms with Gasteiger partial charge < -0.3 is 15.4 Å². The average molecular weight is 401 g/mol. The van der Waals surface area contributed by atoms with Gasteiger partial charge in [0.15, 0.2) is 6.61 Å². The minimum absolute atomic E-state index is 0.183. The highest BCUT2D eigenvalue weighted by Gasteiger charge is 2.19. The van der Waals surface area contributed by atoms with Crippen molar-refractivity contribution in [3.8, 4) is 0 Å². The first-order chi connectivity index (χ1) is 13.4. The topological polar surface area (TPSA) is 84.5 Å². The van der Waals surface area contributed by atoms with Crippen LogP contribution in [0.1, 0.15) is 44.1 Å². The first-order valence-corrected chi connectivity index (χ1v) is 10.2. The van der Waals surface area contributed by atoms with Gasteiger partial charge in [-0.1, -0.05) is 12.1 Å². The van der Waals surface area contributed by atoms with E-state index in [1.54, 1.807) is 0 Å². The van der Waals surface area contributed by atoms with Gasteiger partial charge in [0.25, 0.3) is 5.91 Å². The van der Waals surface area contributed by atoms with Crippen molar-refractivity contribution in [3.63, 3.8) is 0 Å². The predicted molar refractivity (Wildman–Crippen MR) is 109 cm³/mol. The van der Waals surface area contributed by atoms with Gasteiger partial charge in [0, 0.05) is 10.6 Å². The van der Waals surface area contributed by atoms with Gasteiger partial charge in [0.05, 0.1) is 6.54 Å². The summed E-state index contributed by atoms with van der Waals surface area (Å²) in [4.78, 5) is 37.8. The molecule has 1 aromatic carbocycles. The Bertz CT molecular complexity index is 880. The molecule has 2 aromatic rings. The van der Waals surface area contributed by atoms with E-state index in [4.69, 9.17) is 4.74 Å². The lowest BCUT2D eigenvalue weighted by Crippen LogP contribution is -2.35. The number of thiophene rings is 1. The van der Waals surface area contributed by atoms with Crippen LogP contribution < -0.4 is 10.6 Å². The molecule has 1 aliphatic carbocycles. The average Bonchev–Trinajstić information content (AvgIpc) is 3.12. The number of carbonyl (C=O) groups excluding carboxylic acids is 3. The third-order valence-corrected chi connectivity index (χ3v) is 6.07. The number of hydrogen-bond acceptors (Lipinski definition) is 5. The Morgan fingerprint density at radius 1 is 1.11 bits per heavy atom. The van der Waals surface area contributed by atoms with Crippen LogP contribution in [0.5, 0.6) is 0 Å². The van der Waals surface area contributed by atoms with E-state index in [1.165, 1.54) is 21.8 Å². The molecule has 148 valence electrons. The van der Waals surface area contributed by atoms with Crippen LogP contribution in [-0.2, 0) is 27.2 Å². The van der Waals surface area contributed by atoms with E-state index >= 15 is 0 Å². The zero-order valence-electron chi connectivity index (χ0n) is 16.1. The quantitative estimate of drug-likeness (QED) is 0.730. The number of carbonyl (C=O) groups is 3. The van der Waals surface area contributed by atoms with Crippen molar-refractivity contribution >= 4 is 34.8 Å². The van der Waals surface area contributed by atoms with Gasteiger partial charge in [-0.25, -0.2) is 4.79 Å². The summed E-state index contributed by atoms with van der Waals surface area (Å²) in [7, 11) is 0. The van der Waals surface area contributed by atoms with Crippen molar-refractivity contribution < 1.29 is 19.1 Å². The van der Waals surface area contributed by atoms with Gasteiger partial charge >= 0.3 is 5.97 Å². The Balaban J connectivity index is 1.42. The lowest BCUT2D eigenvalue weighted by molar-refractivity contribution is -0.126. The van der Waals surface area contributed by atoms with Crippen LogP contribution in [0, 0.1) is 13.8 Å². The van der Waals surface area contributed by atoms with Gasteiger partial charge in [-0.15, -0.1) is 11.3 Å². The molecule has 28 heavy (non-hydrogen) atoms. The van der Waals surface area contributed by atoms with E-state index in [9.17, 15) is 14.4 Å². The highest BCUT2D eigenvalue weighted by molar-refractivity contribution is 7.14. The fourth-order valence-corrected chi connectivity index (χ4v) is 4.25. The molecule has 0 spiro atoms. The van der Waals surface area contributed by atoms with Crippen molar-refractivity contribution in [2.75, 3.05) is 18.5 Å². The summed E-state index contributed by atoms with van der Waals surface area (Å²) < 4.78 is 5.08. The number of amides is 2. The van der Waals surface area contributed by atoms with Gasteiger partial charge in [0.2, 0.25) is 5.91 Å². The van der Waals surface area contributed by atoms with Gasteiger partial charge in [-0.05, 0) is 68.4 Å². The number of benzene rings is 1. The van der Waals surface area contributed by atoms with E-state index in [1.807, 2.05) is 38.1 Å². The first-order valence-electron chi connectivity index (χ1n) is 9.35. The highest BCUT2D eigenvalue weighted by atomic mass is 32.1. The summed E-state index contributed by atoms with van der Waals surface area (Å²) >= 11 is 1.45. The van der Waals surface area contributed by atoms with Crippen molar-refractivity contribution in [2.24, 2.45) is 0 Å². The molecule has 0 unspecified atom stereocenters. The van der Waals surface area contributed by atoms with Gasteiger partial charge in [0.1, 0.15) is 4.88 Å². The molecule has 2 amide bonds. The number of fused-ring (bicyclic) bond motifs is 1. The van der Waals surface area contributed by atoms with Crippen molar-refractivity contribution in [1.82, 2.24) is 5.32 Å². The molecule has 3 rings (SSSR count). The highest BCUT2D eigenvalue weighted by Crippen LogP contribution is 2.30. The summed E-state index contributed by atoms with van der Waals surface area (Å²) in [6.07, 6.45) is 4.29. The summed E-state index contributed by atoms with van der Waals surface area (Å²) in [6.45, 7) is 3.30. The van der Waals surface area contributed by atoms with E-state index in [2.05, 4.69) is 10.6 Å². The molecule has 0 fully saturated rings. The standard InChI is InChI=1S/C21H24N2O4S/c1-13-6-5-8-16(14(13)2)23-19(24)11-22-20(25)12-27-21(26)18-10-15-7-3-4-9-17(15)28-18/h5-6,8,10H,3-4,7,9,11-12H2,1-2H3,(H,22,25)(H,23,24). The number of anilines is 1. The fraction of sp³-hybridized carbons (Fsp3) is 0.381. The van der Waals surface area contributed by atoms with Crippen LogP contribution in [0.25, 0.3) is 0 Å². The molecule has 0 atom stereocenters. The Hall–Kier alpha value is -2.67. The Morgan fingerprint density at radius 2 is 1.89 bits per heavy atom. The second kappa shape index (κ2) is 9.01. The van der Waals surface area contributed by atoms with Gasteiger partial charge in [-0.2, -0.15) is 0 Å². The molecule has 0 saturated carbocycles. The Labute approximate surface area is 168 Å². The zero-order chi connectivity index (χ0) is 20.1. The minimum atomic E-state index is -0.509.